The molecule has 0 N–H and O–H groups in total. The number of nitrogens with zero attached hydrogens (tertiary/aromatic N) is 4. The van der Waals surface area contributed by atoms with Gasteiger partial charge in [0.1, 0.15) is 0 Å². The monoisotopic (exact) mass is 304 g/mol. The SMILES string of the molecule is Cc1nn(C)c(C)c1/C=C/C(=O)OCc1nc(C(C)C)no1. The molecule has 0 saturated heterocycles. The third-order valence-electron chi connectivity index (χ3n) is 3.29. The number of aromatic nitrogens is 4. The van der Waals surface area contributed by atoms with Gasteiger partial charge in [0.15, 0.2) is 12.4 Å². The summed E-state index contributed by atoms with van der Waals surface area (Å²) < 4.78 is 11.9. The Bertz CT molecular complexity index is 698. The van der Waals surface area contributed by atoms with E-state index in [0.29, 0.717) is 11.7 Å². The maximum absolute atomic E-state index is 11.7. The van der Waals surface area contributed by atoms with Gasteiger partial charge in [-0.15, -0.1) is 0 Å². The molecule has 0 saturated carbocycles. The predicted octanol–water partition coefficient (Wildman–Crippen LogP) is 2.30. The second-order valence-electron chi connectivity index (χ2n) is 5.35. The van der Waals surface area contributed by atoms with Crippen LogP contribution in [0.25, 0.3) is 6.08 Å². The first kappa shape index (κ1) is 15.9. The zero-order valence-electron chi connectivity index (χ0n) is 13.5. The average molecular weight is 304 g/mol. The number of carbonyl (C=O) groups excluding carboxylic acids is 1. The Balaban J connectivity index is 1.93. The Kier molecular flexibility index (Phi) is 4.75. The maximum atomic E-state index is 11.7. The van der Waals surface area contributed by atoms with Crippen LogP contribution < -0.4 is 0 Å². The van der Waals surface area contributed by atoms with Crippen molar-refractivity contribution < 1.29 is 14.1 Å². The van der Waals surface area contributed by atoms with Crippen LogP contribution in [0, 0.1) is 13.8 Å². The molecule has 0 radical (unpaired) electrons. The van der Waals surface area contributed by atoms with E-state index in [9.17, 15) is 4.79 Å². The van der Waals surface area contributed by atoms with Gasteiger partial charge in [0.25, 0.3) is 5.89 Å². The molecule has 0 aliphatic carbocycles. The van der Waals surface area contributed by atoms with Gasteiger partial charge < -0.3 is 9.26 Å². The van der Waals surface area contributed by atoms with Crippen molar-refractivity contribution in [3.8, 4) is 0 Å². The van der Waals surface area contributed by atoms with E-state index in [2.05, 4.69) is 15.2 Å². The lowest BCUT2D eigenvalue weighted by Crippen LogP contribution is -2.01. The standard InChI is InChI=1S/C15H20N4O3/c1-9(2)15-16-13(22-18-15)8-21-14(20)7-6-12-10(3)17-19(5)11(12)4/h6-7,9H,8H2,1-5H3/b7-6+. The molecule has 2 rings (SSSR count). The van der Waals surface area contributed by atoms with Crippen LogP contribution in [0.1, 0.15) is 48.4 Å². The molecule has 0 spiro atoms. The van der Waals surface area contributed by atoms with Crippen molar-refractivity contribution in [2.24, 2.45) is 7.05 Å². The van der Waals surface area contributed by atoms with E-state index in [0.717, 1.165) is 17.0 Å². The van der Waals surface area contributed by atoms with E-state index >= 15 is 0 Å². The van der Waals surface area contributed by atoms with Gasteiger partial charge in [-0.2, -0.15) is 10.1 Å². The van der Waals surface area contributed by atoms with Crippen LogP contribution in [-0.4, -0.2) is 25.9 Å². The number of aryl methyl sites for hydroxylation is 2. The third kappa shape index (κ3) is 3.60. The van der Waals surface area contributed by atoms with Crippen molar-refractivity contribution in [3.05, 3.63) is 34.7 Å². The predicted molar refractivity (Wildman–Crippen MR) is 79.9 cm³/mol. The first-order valence-electron chi connectivity index (χ1n) is 7.06. The normalized spacial score (nSPS) is 11.5. The number of carbonyl (C=O) groups is 1. The molecule has 0 unspecified atom stereocenters. The molecule has 7 nitrogen and oxygen atoms in total. The molecule has 2 aromatic heterocycles. The molecule has 0 aliphatic rings. The molecule has 0 aromatic carbocycles. The number of hydrogen-bond donors (Lipinski definition) is 0. The minimum atomic E-state index is -0.466. The molecule has 7 heteroatoms. The summed E-state index contributed by atoms with van der Waals surface area (Å²) in [6, 6.07) is 0. The Labute approximate surface area is 129 Å². The van der Waals surface area contributed by atoms with Crippen LogP contribution in [0.5, 0.6) is 0 Å². The summed E-state index contributed by atoms with van der Waals surface area (Å²) in [6.07, 6.45) is 3.07. The Morgan fingerprint density at radius 1 is 1.41 bits per heavy atom. The largest absolute Gasteiger partial charge is 0.452 e. The van der Waals surface area contributed by atoms with E-state index in [4.69, 9.17) is 9.26 Å². The van der Waals surface area contributed by atoms with Gasteiger partial charge in [0, 0.05) is 30.3 Å². The lowest BCUT2D eigenvalue weighted by molar-refractivity contribution is -0.139. The van der Waals surface area contributed by atoms with Crippen molar-refractivity contribution >= 4 is 12.0 Å². The Morgan fingerprint density at radius 3 is 2.68 bits per heavy atom. The van der Waals surface area contributed by atoms with Gasteiger partial charge in [0.05, 0.1) is 5.69 Å². The highest BCUT2D eigenvalue weighted by atomic mass is 16.6. The summed E-state index contributed by atoms with van der Waals surface area (Å²) >= 11 is 0. The average Bonchev–Trinajstić information content (AvgIpc) is 3.02. The summed E-state index contributed by atoms with van der Waals surface area (Å²) in [5.41, 5.74) is 2.77. The van der Waals surface area contributed by atoms with Gasteiger partial charge in [-0.1, -0.05) is 19.0 Å². The number of hydrogen-bond acceptors (Lipinski definition) is 6. The second kappa shape index (κ2) is 6.55. The molecule has 0 fully saturated rings. The highest BCUT2D eigenvalue weighted by Crippen LogP contribution is 2.14. The van der Waals surface area contributed by atoms with Gasteiger partial charge in [-0.05, 0) is 19.9 Å². The lowest BCUT2D eigenvalue weighted by atomic mass is 10.2. The molecule has 0 amide bonds. The molecule has 22 heavy (non-hydrogen) atoms. The number of rotatable bonds is 5. The molecule has 0 aliphatic heterocycles. The van der Waals surface area contributed by atoms with E-state index < -0.39 is 5.97 Å². The van der Waals surface area contributed by atoms with Crippen LogP contribution in [-0.2, 0) is 23.2 Å². The first-order chi connectivity index (χ1) is 10.4. The minimum Gasteiger partial charge on any atom is -0.452 e. The topological polar surface area (TPSA) is 83.0 Å². The zero-order valence-corrected chi connectivity index (χ0v) is 13.5. The van der Waals surface area contributed by atoms with E-state index in [-0.39, 0.29) is 12.5 Å². The van der Waals surface area contributed by atoms with Gasteiger partial charge in [0.2, 0.25) is 0 Å². The quantitative estimate of drug-likeness (QED) is 0.622. The maximum Gasteiger partial charge on any atom is 0.331 e. The number of ether oxygens (including phenoxy) is 1. The fourth-order valence-electron chi connectivity index (χ4n) is 1.92. The van der Waals surface area contributed by atoms with Crippen LogP contribution in [0.3, 0.4) is 0 Å². The molecule has 118 valence electrons. The minimum absolute atomic E-state index is 0.0338. The van der Waals surface area contributed by atoms with Crippen molar-refractivity contribution in [2.75, 3.05) is 0 Å². The van der Waals surface area contributed by atoms with Gasteiger partial charge >= 0.3 is 5.97 Å². The molecule has 0 bridgehead atoms. The highest BCUT2D eigenvalue weighted by Gasteiger charge is 2.11. The summed E-state index contributed by atoms with van der Waals surface area (Å²) in [4.78, 5) is 15.9. The third-order valence-corrected chi connectivity index (χ3v) is 3.29. The van der Waals surface area contributed by atoms with Gasteiger partial charge in [-0.25, -0.2) is 4.79 Å². The molecule has 2 aromatic rings. The summed E-state index contributed by atoms with van der Waals surface area (Å²) in [6.45, 7) is 7.72. The number of esters is 1. The fraction of sp³-hybridized carbons (Fsp3) is 0.467. The van der Waals surface area contributed by atoms with Gasteiger partial charge in [-0.3, -0.25) is 4.68 Å². The van der Waals surface area contributed by atoms with Crippen molar-refractivity contribution in [2.45, 2.75) is 40.2 Å². The van der Waals surface area contributed by atoms with E-state index in [1.165, 1.54) is 6.08 Å². The van der Waals surface area contributed by atoms with Crippen LogP contribution in [0.4, 0.5) is 0 Å². The van der Waals surface area contributed by atoms with Crippen LogP contribution in [0.15, 0.2) is 10.6 Å². The molecular weight excluding hydrogens is 284 g/mol. The Hall–Kier alpha value is -2.44. The van der Waals surface area contributed by atoms with Crippen molar-refractivity contribution in [1.29, 1.82) is 0 Å². The smallest absolute Gasteiger partial charge is 0.331 e. The van der Waals surface area contributed by atoms with Crippen LogP contribution in [0.2, 0.25) is 0 Å². The molecular formula is C15H20N4O3. The highest BCUT2D eigenvalue weighted by molar-refractivity contribution is 5.87. The Morgan fingerprint density at radius 2 is 2.14 bits per heavy atom. The first-order valence-corrected chi connectivity index (χ1v) is 7.06. The van der Waals surface area contributed by atoms with Crippen molar-refractivity contribution in [3.63, 3.8) is 0 Å². The van der Waals surface area contributed by atoms with E-state index in [1.54, 1.807) is 10.8 Å². The summed E-state index contributed by atoms with van der Waals surface area (Å²) in [7, 11) is 1.86. The second-order valence-corrected chi connectivity index (χ2v) is 5.35. The summed E-state index contributed by atoms with van der Waals surface area (Å²) in [5, 5.41) is 8.09. The van der Waals surface area contributed by atoms with Crippen LogP contribution >= 0.6 is 0 Å². The molecule has 0 atom stereocenters. The molecule has 2 heterocycles. The van der Waals surface area contributed by atoms with Crippen molar-refractivity contribution in [1.82, 2.24) is 19.9 Å². The fourth-order valence-corrected chi connectivity index (χ4v) is 1.92. The lowest BCUT2D eigenvalue weighted by Gasteiger charge is -1.97. The summed E-state index contributed by atoms with van der Waals surface area (Å²) in [5.74, 6) is 0.596. The zero-order chi connectivity index (χ0) is 16.3. The van der Waals surface area contributed by atoms with E-state index in [1.807, 2.05) is 34.7 Å².